The molecule has 2 N–H and O–H groups in total. The Balaban J connectivity index is 0.00000225. The summed E-state index contributed by atoms with van der Waals surface area (Å²) in [5.74, 6) is 1.87. The van der Waals surface area contributed by atoms with Gasteiger partial charge in [-0.05, 0) is 38.2 Å². The Morgan fingerprint density at radius 2 is 2.08 bits per heavy atom. The maximum Gasteiger partial charge on any atom is 0.191 e. The Hall–Kier alpha value is -1.02. The number of hydrogen-bond donors (Lipinski definition) is 2. The van der Waals surface area contributed by atoms with Gasteiger partial charge in [-0.2, -0.15) is 0 Å². The number of nitrogens with one attached hydrogen (secondary N) is 2. The van der Waals surface area contributed by atoms with E-state index >= 15 is 0 Å². The lowest BCUT2D eigenvalue weighted by Crippen LogP contribution is -2.46. The molecule has 1 heterocycles. The molecular formula is C19H30IN3O2. The van der Waals surface area contributed by atoms with Crippen LogP contribution in [0.25, 0.3) is 0 Å². The molecule has 25 heavy (non-hydrogen) atoms. The minimum atomic E-state index is 0. The van der Waals surface area contributed by atoms with Crippen molar-refractivity contribution in [3.8, 4) is 5.75 Å². The maximum absolute atomic E-state index is 6.42. The average molecular weight is 459 g/mol. The zero-order valence-electron chi connectivity index (χ0n) is 15.2. The second-order valence-electron chi connectivity index (χ2n) is 6.78. The fourth-order valence-corrected chi connectivity index (χ4v) is 3.86. The van der Waals surface area contributed by atoms with E-state index in [2.05, 4.69) is 39.9 Å². The first-order valence-corrected chi connectivity index (χ1v) is 9.00. The van der Waals surface area contributed by atoms with E-state index in [4.69, 9.17) is 9.47 Å². The summed E-state index contributed by atoms with van der Waals surface area (Å²) in [6, 6.07) is 8.63. The summed E-state index contributed by atoms with van der Waals surface area (Å²) < 4.78 is 11.5. The van der Waals surface area contributed by atoms with E-state index in [0.717, 1.165) is 50.5 Å². The van der Waals surface area contributed by atoms with Gasteiger partial charge in [0.15, 0.2) is 5.96 Å². The highest BCUT2D eigenvalue weighted by Crippen LogP contribution is 2.46. The van der Waals surface area contributed by atoms with Gasteiger partial charge in [-0.25, -0.2) is 0 Å². The highest BCUT2D eigenvalue weighted by Gasteiger charge is 2.43. The number of fused-ring (bicyclic) bond motifs is 1. The van der Waals surface area contributed by atoms with E-state index < -0.39 is 0 Å². The van der Waals surface area contributed by atoms with Gasteiger partial charge in [0.25, 0.3) is 0 Å². The van der Waals surface area contributed by atoms with Crippen molar-refractivity contribution in [3.63, 3.8) is 0 Å². The number of rotatable bonds is 5. The molecule has 5 nitrogen and oxygen atoms in total. The SMILES string of the molecule is CN=C(NCCCOC)NC1CC2(CCCC2)Oc2ccccc21.I. The van der Waals surface area contributed by atoms with Crippen LogP contribution in [0.5, 0.6) is 5.75 Å². The van der Waals surface area contributed by atoms with Crippen molar-refractivity contribution >= 4 is 29.9 Å². The van der Waals surface area contributed by atoms with Gasteiger partial charge in [-0.3, -0.25) is 4.99 Å². The second-order valence-corrected chi connectivity index (χ2v) is 6.78. The van der Waals surface area contributed by atoms with Crippen LogP contribution in [0.4, 0.5) is 0 Å². The van der Waals surface area contributed by atoms with Crippen LogP contribution >= 0.6 is 24.0 Å². The smallest absolute Gasteiger partial charge is 0.191 e. The summed E-state index contributed by atoms with van der Waals surface area (Å²) in [6.45, 7) is 1.61. The lowest BCUT2D eigenvalue weighted by Gasteiger charge is -2.40. The molecule has 3 rings (SSSR count). The summed E-state index contributed by atoms with van der Waals surface area (Å²) in [7, 11) is 3.55. The summed E-state index contributed by atoms with van der Waals surface area (Å²) in [5.41, 5.74) is 1.23. The molecule has 0 saturated heterocycles. The number of nitrogens with zero attached hydrogens (tertiary/aromatic N) is 1. The van der Waals surface area contributed by atoms with Crippen LogP contribution in [-0.4, -0.2) is 38.9 Å². The van der Waals surface area contributed by atoms with Gasteiger partial charge < -0.3 is 20.1 Å². The van der Waals surface area contributed by atoms with Crippen molar-refractivity contribution in [1.82, 2.24) is 10.6 Å². The van der Waals surface area contributed by atoms with Crippen LogP contribution in [0.15, 0.2) is 29.3 Å². The lowest BCUT2D eigenvalue weighted by atomic mass is 9.86. The number of benzene rings is 1. The van der Waals surface area contributed by atoms with Gasteiger partial charge in [0, 0.05) is 39.3 Å². The van der Waals surface area contributed by atoms with E-state index in [1.54, 1.807) is 7.11 Å². The zero-order valence-corrected chi connectivity index (χ0v) is 17.5. The first kappa shape index (κ1) is 20.3. The van der Waals surface area contributed by atoms with Gasteiger partial charge in [0.2, 0.25) is 0 Å². The molecule has 0 aromatic heterocycles. The molecule has 2 aliphatic rings. The van der Waals surface area contributed by atoms with Crippen molar-refractivity contribution in [1.29, 1.82) is 0 Å². The molecule has 1 aliphatic heterocycles. The molecule has 0 radical (unpaired) electrons. The van der Waals surface area contributed by atoms with E-state index in [0.29, 0.717) is 0 Å². The first-order chi connectivity index (χ1) is 11.8. The minimum absolute atomic E-state index is 0. The minimum Gasteiger partial charge on any atom is -0.487 e. The van der Waals surface area contributed by atoms with Gasteiger partial charge in [-0.1, -0.05) is 18.2 Å². The largest absolute Gasteiger partial charge is 0.487 e. The molecule has 1 aromatic carbocycles. The average Bonchev–Trinajstić information content (AvgIpc) is 3.05. The van der Waals surface area contributed by atoms with Gasteiger partial charge in [-0.15, -0.1) is 24.0 Å². The highest BCUT2D eigenvalue weighted by molar-refractivity contribution is 14.0. The van der Waals surface area contributed by atoms with Crippen LogP contribution in [0.3, 0.4) is 0 Å². The Labute approximate surface area is 168 Å². The third-order valence-electron chi connectivity index (χ3n) is 5.06. The van der Waals surface area contributed by atoms with E-state index in [-0.39, 0.29) is 35.6 Å². The van der Waals surface area contributed by atoms with Crippen molar-refractivity contribution in [2.45, 2.75) is 50.2 Å². The van der Waals surface area contributed by atoms with Crippen LogP contribution < -0.4 is 15.4 Å². The Morgan fingerprint density at radius 3 is 2.80 bits per heavy atom. The Morgan fingerprint density at radius 1 is 1.32 bits per heavy atom. The van der Waals surface area contributed by atoms with Crippen LogP contribution in [0, 0.1) is 0 Å². The zero-order chi connectivity index (χ0) is 16.8. The molecule has 1 aliphatic carbocycles. The predicted octanol–water partition coefficient (Wildman–Crippen LogP) is 3.64. The van der Waals surface area contributed by atoms with Crippen molar-refractivity contribution in [2.24, 2.45) is 4.99 Å². The number of guanidine groups is 1. The van der Waals surface area contributed by atoms with Gasteiger partial charge >= 0.3 is 0 Å². The van der Waals surface area contributed by atoms with E-state index in [1.807, 2.05) is 7.05 Å². The molecular weight excluding hydrogens is 429 g/mol. The third-order valence-corrected chi connectivity index (χ3v) is 5.06. The normalized spacial score (nSPS) is 21.2. The maximum atomic E-state index is 6.42. The number of hydrogen-bond acceptors (Lipinski definition) is 3. The Kier molecular flexibility index (Phi) is 7.81. The van der Waals surface area contributed by atoms with Gasteiger partial charge in [0.1, 0.15) is 11.4 Å². The topological polar surface area (TPSA) is 54.9 Å². The van der Waals surface area contributed by atoms with E-state index in [9.17, 15) is 0 Å². The summed E-state index contributed by atoms with van der Waals surface area (Å²) in [6.07, 6.45) is 6.80. The fraction of sp³-hybridized carbons (Fsp3) is 0.632. The molecule has 1 spiro atoms. The first-order valence-electron chi connectivity index (χ1n) is 9.00. The molecule has 1 aromatic rings. The molecule has 1 atom stereocenters. The van der Waals surface area contributed by atoms with Crippen LogP contribution in [0.2, 0.25) is 0 Å². The standard InChI is InChI=1S/C19H29N3O2.HI/c1-20-18(21-12-7-13-23-2)22-16-14-19(10-5-6-11-19)24-17-9-4-3-8-15(16)17;/h3-4,8-9,16H,5-7,10-14H2,1-2H3,(H2,20,21,22);1H. The molecule has 1 saturated carbocycles. The van der Waals surface area contributed by atoms with Crippen LogP contribution in [0.1, 0.15) is 50.1 Å². The molecule has 1 unspecified atom stereocenters. The number of ether oxygens (including phenoxy) is 2. The van der Waals surface area contributed by atoms with Crippen LogP contribution in [-0.2, 0) is 4.74 Å². The monoisotopic (exact) mass is 459 g/mol. The molecule has 6 heteroatoms. The second kappa shape index (κ2) is 9.62. The third kappa shape index (κ3) is 5.00. The Bertz CT molecular complexity index is 574. The predicted molar refractivity (Wildman–Crippen MR) is 112 cm³/mol. The van der Waals surface area contributed by atoms with Crippen molar-refractivity contribution < 1.29 is 9.47 Å². The summed E-state index contributed by atoms with van der Waals surface area (Å²) >= 11 is 0. The lowest BCUT2D eigenvalue weighted by molar-refractivity contribution is 0.0396. The highest BCUT2D eigenvalue weighted by atomic mass is 127. The quantitative estimate of drug-likeness (QED) is 0.306. The molecule has 140 valence electrons. The molecule has 1 fully saturated rings. The number of halogens is 1. The van der Waals surface area contributed by atoms with Crippen molar-refractivity contribution in [3.05, 3.63) is 29.8 Å². The number of aliphatic imine (C=N–C) groups is 1. The summed E-state index contributed by atoms with van der Waals surface area (Å²) in [4.78, 5) is 4.38. The van der Waals surface area contributed by atoms with Gasteiger partial charge in [0.05, 0.1) is 6.04 Å². The van der Waals surface area contributed by atoms with Crippen molar-refractivity contribution in [2.75, 3.05) is 27.3 Å². The summed E-state index contributed by atoms with van der Waals surface area (Å²) in [5, 5.41) is 6.99. The fourth-order valence-electron chi connectivity index (χ4n) is 3.86. The number of para-hydroxylation sites is 1. The number of methoxy groups -OCH3 is 1. The van der Waals surface area contributed by atoms with E-state index in [1.165, 1.54) is 18.4 Å². The molecule has 0 amide bonds. The molecule has 0 bridgehead atoms.